The zero-order valence-electron chi connectivity index (χ0n) is 19.0. The molecule has 5 aromatic rings. The number of nitrogens with one attached hydrogen (secondary N) is 1. The van der Waals surface area contributed by atoms with Crippen molar-refractivity contribution in [2.75, 3.05) is 24.3 Å². The molecule has 174 valence electrons. The first-order valence-corrected chi connectivity index (χ1v) is 12.3. The van der Waals surface area contributed by atoms with E-state index >= 15 is 0 Å². The molecular weight excluding hydrogens is 460 g/mol. The van der Waals surface area contributed by atoms with Gasteiger partial charge in [0.15, 0.2) is 22.3 Å². The van der Waals surface area contributed by atoms with Crippen molar-refractivity contribution >= 4 is 39.9 Å². The van der Waals surface area contributed by atoms with E-state index in [1.165, 1.54) is 11.8 Å². The van der Waals surface area contributed by atoms with E-state index in [-0.39, 0.29) is 11.7 Å². The Labute approximate surface area is 206 Å². The number of aryl methyl sites for hydroxylation is 1. The molecule has 0 saturated carbocycles. The zero-order valence-corrected chi connectivity index (χ0v) is 19.8. The van der Waals surface area contributed by atoms with Crippen LogP contribution in [0.2, 0.25) is 0 Å². The van der Waals surface area contributed by atoms with Crippen molar-refractivity contribution in [3.8, 4) is 22.6 Å². The van der Waals surface area contributed by atoms with Crippen LogP contribution in [0.4, 0.5) is 5.69 Å². The van der Waals surface area contributed by atoms with E-state index in [1.54, 1.807) is 0 Å². The van der Waals surface area contributed by atoms with Crippen LogP contribution in [-0.4, -0.2) is 39.5 Å². The number of amides is 1. The second kappa shape index (κ2) is 8.96. The molecule has 0 spiro atoms. The average molecular weight is 483 g/mol. The highest BCUT2D eigenvalue weighted by Crippen LogP contribution is 2.36. The largest absolute Gasteiger partial charge is 0.486 e. The van der Waals surface area contributed by atoms with Gasteiger partial charge in [0.05, 0.1) is 11.3 Å². The van der Waals surface area contributed by atoms with Crippen LogP contribution in [0.5, 0.6) is 11.5 Å². The topological polar surface area (TPSA) is 77.8 Å². The van der Waals surface area contributed by atoms with Crippen LogP contribution in [0.25, 0.3) is 27.7 Å². The van der Waals surface area contributed by atoms with Gasteiger partial charge in [0, 0.05) is 22.7 Å². The van der Waals surface area contributed by atoms with Gasteiger partial charge in [0.2, 0.25) is 5.91 Å². The minimum absolute atomic E-state index is 0.110. The highest BCUT2D eigenvalue weighted by Gasteiger charge is 2.19. The number of thioether (sulfide) groups is 1. The monoisotopic (exact) mass is 482 g/mol. The number of benzene rings is 3. The van der Waals surface area contributed by atoms with Crippen LogP contribution < -0.4 is 14.8 Å². The number of ether oxygens (including phenoxy) is 2. The van der Waals surface area contributed by atoms with E-state index in [0.717, 1.165) is 44.7 Å². The van der Waals surface area contributed by atoms with Crippen LogP contribution in [0.15, 0.2) is 78.0 Å². The third-order valence-electron chi connectivity index (χ3n) is 5.91. The molecule has 0 fully saturated rings. The highest BCUT2D eigenvalue weighted by molar-refractivity contribution is 7.99. The smallest absolute Gasteiger partial charge is 0.234 e. The normalized spacial score (nSPS) is 12.7. The van der Waals surface area contributed by atoms with E-state index < -0.39 is 0 Å². The Morgan fingerprint density at radius 3 is 2.54 bits per heavy atom. The molecule has 0 atom stereocenters. The predicted molar refractivity (Wildman–Crippen MR) is 137 cm³/mol. The van der Waals surface area contributed by atoms with Crippen molar-refractivity contribution in [1.82, 2.24) is 14.6 Å². The lowest BCUT2D eigenvalue weighted by Gasteiger charge is -2.19. The lowest BCUT2D eigenvalue weighted by molar-refractivity contribution is -0.113. The van der Waals surface area contributed by atoms with Crippen LogP contribution in [0.3, 0.4) is 0 Å². The molecule has 1 amide bonds. The van der Waals surface area contributed by atoms with Gasteiger partial charge < -0.3 is 14.8 Å². The molecule has 0 radical (unpaired) electrons. The number of hydrogen-bond acceptors (Lipinski definition) is 6. The predicted octanol–water partition coefficient (Wildman–Crippen LogP) is 5.36. The SMILES string of the molecule is Cc1cc2cc3c(cc2n2c(SCC(=O)Nc4ccccc4-c4ccccc4)nnc12)OCCO3. The second-order valence-electron chi connectivity index (χ2n) is 8.27. The number of hydrogen-bond donors (Lipinski definition) is 1. The average Bonchev–Trinajstić information content (AvgIpc) is 3.32. The van der Waals surface area contributed by atoms with E-state index in [2.05, 4.69) is 21.6 Å². The van der Waals surface area contributed by atoms with Gasteiger partial charge in [-0.2, -0.15) is 0 Å². The molecule has 0 aliphatic carbocycles. The summed E-state index contributed by atoms with van der Waals surface area (Å²) >= 11 is 1.35. The molecular formula is C27H22N4O3S. The van der Waals surface area contributed by atoms with Gasteiger partial charge in [0.1, 0.15) is 13.2 Å². The maximum atomic E-state index is 12.9. The Balaban J connectivity index is 1.28. The number of rotatable bonds is 5. The number of pyridine rings is 1. The van der Waals surface area contributed by atoms with Gasteiger partial charge >= 0.3 is 0 Å². The van der Waals surface area contributed by atoms with E-state index in [0.29, 0.717) is 24.1 Å². The first-order valence-electron chi connectivity index (χ1n) is 11.3. The molecule has 8 heteroatoms. The van der Waals surface area contributed by atoms with Gasteiger partial charge in [-0.3, -0.25) is 9.20 Å². The van der Waals surface area contributed by atoms with E-state index in [4.69, 9.17) is 9.47 Å². The fourth-order valence-corrected chi connectivity index (χ4v) is 5.06. The number of anilines is 1. The van der Waals surface area contributed by atoms with Crippen molar-refractivity contribution in [2.45, 2.75) is 12.1 Å². The van der Waals surface area contributed by atoms with Crippen LogP contribution >= 0.6 is 11.8 Å². The maximum absolute atomic E-state index is 12.9. The van der Waals surface area contributed by atoms with Crippen LogP contribution in [0.1, 0.15) is 5.56 Å². The summed E-state index contributed by atoms with van der Waals surface area (Å²) in [6.07, 6.45) is 0. The molecule has 7 nitrogen and oxygen atoms in total. The number of para-hydroxylation sites is 1. The second-order valence-corrected chi connectivity index (χ2v) is 9.21. The number of carbonyl (C=O) groups is 1. The number of nitrogens with zero attached hydrogens (tertiary/aromatic N) is 3. The first-order chi connectivity index (χ1) is 17.2. The molecule has 3 aromatic carbocycles. The van der Waals surface area contributed by atoms with Crippen LogP contribution in [0, 0.1) is 6.92 Å². The molecule has 1 aliphatic heterocycles. The standard InChI is InChI=1S/C27H22N4O3S/c1-17-13-19-14-23-24(34-12-11-33-23)15-22(19)31-26(17)29-30-27(31)35-16-25(32)28-21-10-6-5-9-20(21)18-7-3-2-4-8-18/h2-10,13-15H,11-12,16H2,1H3,(H,28,32). The lowest BCUT2D eigenvalue weighted by atomic mass is 10.0. The number of carbonyl (C=O) groups excluding carboxylic acids is 1. The van der Waals surface area contributed by atoms with Gasteiger partial charge in [-0.25, -0.2) is 0 Å². The minimum atomic E-state index is -0.110. The van der Waals surface area contributed by atoms with Gasteiger partial charge in [-0.05, 0) is 36.2 Å². The Kier molecular flexibility index (Phi) is 5.50. The molecule has 0 bridgehead atoms. The lowest BCUT2D eigenvalue weighted by Crippen LogP contribution is -2.15. The molecule has 3 heterocycles. The first kappa shape index (κ1) is 21.5. The summed E-state index contributed by atoms with van der Waals surface area (Å²) in [6, 6.07) is 23.8. The highest BCUT2D eigenvalue weighted by atomic mass is 32.2. The zero-order chi connectivity index (χ0) is 23.8. The van der Waals surface area contributed by atoms with Crippen LogP contribution in [-0.2, 0) is 4.79 Å². The molecule has 2 aromatic heterocycles. The molecule has 6 rings (SSSR count). The molecule has 0 saturated heterocycles. The Hall–Kier alpha value is -4.04. The summed E-state index contributed by atoms with van der Waals surface area (Å²) in [6.45, 7) is 3.06. The van der Waals surface area contributed by atoms with E-state index in [9.17, 15) is 4.79 Å². The Morgan fingerprint density at radius 2 is 1.71 bits per heavy atom. The Morgan fingerprint density at radius 1 is 0.971 bits per heavy atom. The summed E-state index contributed by atoms with van der Waals surface area (Å²) < 4.78 is 13.5. The third-order valence-corrected chi connectivity index (χ3v) is 6.84. The number of fused-ring (bicyclic) bond motifs is 4. The Bertz CT molecular complexity index is 1570. The quantitative estimate of drug-likeness (QED) is 0.340. The maximum Gasteiger partial charge on any atom is 0.234 e. The number of aromatic nitrogens is 3. The summed E-state index contributed by atoms with van der Waals surface area (Å²) in [4.78, 5) is 12.9. The third kappa shape index (κ3) is 4.06. The molecule has 1 N–H and O–H groups in total. The van der Waals surface area contributed by atoms with E-state index in [1.807, 2.05) is 78.1 Å². The van der Waals surface area contributed by atoms with Crippen molar-refractivity contribution in [3.05, 3.63) is 78.4 Å². The minimum Gasteiger partial charge on any atom is -0.486 e. The summed E-state index contributed by atoms with van der Waals surface area (Å²) in [5.74, 6) is 1.53. The summed E-state index contributed by atoms with van der Waals surface area (Å²) in [7, 11) is 0. The van der Waals surface area contributed by atoms with Gasteiger partial charge in [-0.1, -0.05) is 60.3 Å². The molecule has 1 aliphatic rings. The molecule has 35 heavy (non-hydrogen) atoms. The van der Waals surface area contributed by atoms with Crippen molar-refractivity contribution in [1.29, 1.82) is 0 Å². The van der Waals surface area contributed by atoms with Crippen molar-refractivity contribution < 1.29 is 14.3 Å². The fraction of sp³-hybridized carbons (Fsp3) is 0.148. The van der Waals surface area contributed by atoms with Gasteiger partial charge in [-0.15, -0.1) is 10.2 Å². The summed E-state index contributed by atoms with van der Waals surface area (Å²) in [5.41, 5.74) is 5.47. The fourth-order valence-electron chi connectivity index (χ4n) is 4.31. The summed E-state index contributed by atoms with van der Waals surface area (Å²) in [5, 5.41) is 13.5. The van der Waals surface area contributed by atoms with Gasteiger partial charge in [0.25, 0.3) is 0 Å². The molecule has 0 unspecified atom stereocenters. The van der Waals surface area contributed by atoms with Crippen molar-refractivity contribution in [2.24, 2.45) is 0 Å². The van der Waals surface area contributed by atoms with Crippen molar-refractivity contribution in [3.63, 3.8) is 0 Å².